The summed E-state index contributed by atoms with van der Waals surface area (Å²) in [6.45, 7) is 5.46. The maximum atomic E-state index is 12.4. The molecule has 0 unspecified atom stereocenters. The second kappa shape index (κ2) is 5.91. The number of hydrogen-bond acceptors (Lipinski definition) is 3. The Morgan fingerprint density at radius 1 is 1.33 bits per heavy atom. The lowest BCUT2D eigenvalue weighted by atomic mass is 10.0. The standard InChI is InChI=1S/C16H18N2O3/c1-9-5-4-6-12-13(7-10(2)17-15(9)12)16(21)18-11(3)8-14(19)20/h4-7,11H,8H2,1-3H3,(H,18,21)(H,19,20)/t11-/m0/s1. The van der Waals surface area contributed by atoms with Gasteiger partial charge in [0.15, 0.2) is 0 Å². The van der Waals surface area contributed by atoms with E-state index in [0.717, 1.165) is 22.2 Å². The van der Waals surface area contributed by atoms with Crippen molar-refractivity contribution in [1.29, 1.82) is 0 Å². The maximum absolute atomic E-state index is 12.4. The summed E-state index contributed by atoms with van der Waals surface area (Å²) in [5.41, 5.74) is 3.09. The summed E-state index contributed by atoms with van der Waals surface area (Å²) < 4.78 is 0. The minimum atomic E-state index is -0.936. The molecule has 1 aromatic carbocycles. The molecule has 0 aliphatic carbocycles. The van der Waals surface area contributed by atoms with Crippen molar-refractivity contribution in [2.75, 3.05) is 0 Å². The molecule has 1 heterocycles. The van der Waals surface area contributed by atoms with E-state index in [1.165, 1.54) is 0 Å². The van der Waals surface area contributed by atoms with Crippen molar-refractivity contribution in [3.8, 4) is 0 Å². The number of amides is 1. The lowest BCUT2D eigenvalue weighted by Crippen LogP contribution is -2.34. The summed E-state index contributed by atoms with van der Waals surface area (Å²) in [6, 6.07) is 6.98. The molecular weight excluding hydrogens is 268 g/mol. The molecule has 2 aromatic rings. The number of rotatable bonds is 4. The van der Waals surface area contributed by atoms with Gasteiger partial charge in [0.1, 0.15) is 0 Å². The number of nitrogens with one attached hydrogen (secondary N) is 1. The number of carbonyl (C=O) groups is 2. The first-order valence-electron chi connectivity index (χ1n) is 6.78. The van der Waals surface area contributed by atoms with E-state index < -0.39 is 12.0 Å². The minimum Gasteiger partial charge on any atom is -0.481 e. The predicted octanol–water partition coefficient (Wildman–Crippen LogP) is 2.44. The molecule has 0 aliphatic rings. The van der Waals surface area contributed by atoms with E-state index >= 15 is 0 Å². The highest BCUT2D eigenvalue weighted by molar-refractivity contribution is 6.07. The van der Waals surface area contributed by atoms with Crippen LogP contribution in [0.25, 0.3) is 10.9 Å². The number of aromatic nitrogens is 1. The van der Waals surface area contributed by atoms with E-state index in [0.29, 0.717) is 5.56 Å². The summed E-state index contributed by atoms with van der Waals surface area (Å²) in [5.74, 6) is -1.21. The lowest BCUT2D eigenvalue weighted by molar-refractivity contribution is -0.137. The van der Waals surface area contributed by atoms with Crippen molar-refractivity contribution >= 4 is 22.8 Å². The third-order valence-electron chi connectivity index (χ3n) is 3.27. The zero-order valence-corrected chi connectivity index (χ0v) is 12.3. The Kier molecular flexibility index (Phi) is 4.21. The fourth-order valence-corrected chi connectivity index (χ4v) is 2.32. The van der Waals surface area contributed by atoms with Crippen molar-refractivity contribution in [3.05, 3.63) is 41.1 Å². The molecule has 0 bridgehead atoms. The summed E-state index contributed by atoms with van der Waals surface area (Å²) in [6.07, 6.45) is -0.104. The van der Waals surface area contributed by atoms with Gasteiger partial charge in [0.05, 0.1) is 17.5 Å². The average Bonchev–Trinajstić information content (AvgIpc) is 2.37. The van der Waals surface area contributed by atoms with Gasteiger partial charge in [0, 0.05) is 17.1 Å². The first-order valence-corrected chi connectivity index (χ1v) is 6.78. The molecule has 0 saturated carbocycles. The molecule has 0 saturated heterocycles. The number of carbonyl (C=O) groups excluding carboxylic acids is 1. The number of pyridine rings is 1. The van der Waals surface area contributed by atoms with Crippen LogP contribution in [0.5, 0.6) is 0 Å². The maximum Gasteiger partial charge on any atom is 0.305 e. The zero-order chi connectivity index (χ0) is 15.6. The van der Waals surface area contributed by atoms with Gasteiger partial charge in [-0.1, -0.05) is 18.2 Å². The van der Waals surface area contributed by atoms with Crippen LogP contribution < -0.4 is 5.32 Å². The molecule has 5 nitrogen and oxygen atoms in total. The van der Waals surface area contributed by atoms with Gasteiger partial charge in [-0.25, -0.2) is 0 Å². The highest BCUT2D eigenvalue weighted by atomic mass is 16.4. The zero-order valence-electron chi connectivity index (χ0n) is 12.3. The van der Waals surface area contributed by atoms with Crippen molar-refractivity contribution in [1.82, 2.24) is 10.3 Å². The monoisotopic (exact) mass is 286 g/mol. The molecule has 5 heteroatoms. The topological polar surface area (TPSA) is 79.3 Å². The molecule has 110 valence electrons. The van der Waals surface area contributed by atoms with E-state index in [9.17, 15) is 9.59 Å². The van der Waals surface area contributed by atoms with Crippen LogP contribution in [0.4, 0.5) is 0 Å². The first kappa shape index (κ1) is 15.0. The number of nitrogens with zero attached hydrogens (tertiary/aromatic N) is 1. The second-order valence-electron chi connectivity index (χ2n) is 5.25. The van der Waals surface area contributed by atoms with Crippen LogP contribution in [0.2, 0.25) is 0 Å². The van der Waals surface area contributed by atoms with Gasteiger partial charge in [-0.2, -0.15) is 0 Å². The number of hydrogen-bond donors (Lipinski definition) is 2. The first-order chi connectivity index (χ1) is 9.88. The molecule has 0 spiro atoms. The quantitative estimate of drug-likeness (QED) is 0.904. The average molecular weight is 286 g/mol. The van der Waals surface area contributed by atoms with Crippen molar-refractivity contribution in [2.45, 2.75) is 33.2 Å². The summed E-state index contributed by atoms with van der Waals surface area (Å²) in [7, 11) is 0. The lowest BCUT2D eigenvalue weighted by Gasteiger charge is -2.14. The van der Waals surface area contributed by atoms with Crippen molar-refractivity contribution in [3.63, 3.8) is 0 Å². The van der Waals surface area contributed by atoms with Gasteiger partial charge in [-0.15, -0.1) is 0 Å². The fourth-order valence-electron chi connectivity index (χ4n) is 2.32. The molecule has 0 aliphatic heterocycles. The second-order valence-corrected chi connectivity index (χ2v) is 5.25. The normalized spacial score (nSPS) is 12.1. The van der Waals surface area contributed by atoms with Crippen molar-refractivity contribution in [2.24, 2.45) is 0 Å². The van der Waals surface area contributed by atoms with Gasteiger partial charge >= 0.3 is 5.97 Å². The highest BCUT2D eigenvalue weighted by Gasteiger charge is 2.16. The summed E-state index contributed by atoms with van der Waals surface area (Å²) in [4.78, 5) is 27.5. The third kappa shape index (κ3) is 3.37. The molecule has 21 heavy (non-hydrogen) atoms. The van der Waals surface area contributed by atoms with Crippen LogP contribution in [0.15, 0.2) is 24.3 Å². The smallest absolute Gasteiger partial charge is 0.305 e. The van der Waals surface area contributed by atoms with E-state index in [1.807, 2.05) is 32.0 Å². The Bertz CT molecular complexity index is 710. The molecule has 2 N–H and O–H groups in total. The fraction of sp³-hybridized carbons (Fsp3) is 0.312. The summed E-state index contributed by atoms with van der Waals surface area (Å²) >= 11 is 0. The molecule has 0 fully saturated rings. The number of fused-ring (bicyclic) bond motifs is 1. The number of aliphatic carboxylic acids is 1. The number of para-hydroxylation sites is 1. The van der Waals surface area contributed by atoms with Crippen LogP contribution >= 0.6 is 0 Å². The molecule has 1 atom stereocenters. The Balaban J connectivity index is 2.39. The van der Waals surface area contributed by atoms with Gasteiger partial charge in [-0.3, -0.25) is 14.6 Å². The van der Waals surface area contributed by atoms with E-state index in [-0.39, 0.29) is 12.3 Å². The largest absolute Gasteiger partial charge is 0.481 e. The molecule has 1 amide bonds. The Morgan fingerprint density at radius 3 is 2.71 bits per heavy atom. The van der Waals surface area contributed by atoms with E-state index in [1.54, 1.807) is 13.0 Å². The predicted molar refractivity (Wildman–Crippen MR) is 80.4 cm³/mol. The summed E-state index contributed by atoms with van der Waals surface area (Å²) in [5, 5.41) is 12.3. The minimum absolute atomic E-state index is 0.104. The Morgan fingerprint density at radius 2 is 2.05 bits per heavy atom. The van der Waals surface area contributed by atoms with Gasteiger partial charge in [0.25, 0.3) is 5.91 Å². The molecule has 0 radical (unpaired) electrons. The molecule has 1 aromatic heterocycles. The van der Waals surface area contributed by atoms with Crippen LogP contribution in [-0.2, 0) is 4.79 Å². The van der Waals surface area contributed by atoms with Crippen molar-refractivity contribution < 1.29 is 14.7 Å². The van der Waals surface area contributed by atoms with Gasteiger partial charge in [0.2, 0.25) is 0 Å². The van der Waals surface area contributed by atoms with Crippen LogP contribution in [-0.4, -0.2) is 28.0 Å². The van der Waals surface area contributed by atoms with E-state index in [4.69, 9.17) is 5.11 Å². The van der Waals surface area contributed by atoms with Crippen LogP contribution in [0.3, 0.4) is 0 Å². The number of carboxylic acids is 1. The van der Waals surface area contributed by atoms with Crippen LogP contribution in [0, 0.1) is 13.8 Å². The Labute approximate surface area is 123 Å². The van der Waals surface area contributed by atoms with Gasteiger partial charge in [-0.05, 0) is 32.4 Å². The van der Waals surface area contributed by atoms with E-state index in [2.05, 4.69) is 10.3 Å². The SMILES string of the molecule is Cc1cc(C(=O)N[C@@H](C)CC(=O)O)c2cccc(C)c2n1. The molecular formula is C16H18N2O3. The number of carboxylic acid groups (broad SMARTS) is 1. The van der Waals surface area contributed by atoms with Crippen LogP contribution in [0.1, 0.15) is 35.0 Å². The molecule has 2 rings (SSSR count). The third-order valence-corrected chi connectivity index (χ3v) is 3.27. The van der Waals surface area contributed by atoms with Gasteiger partial charge < -0.3 is 10.4 Å². The highest BCUT2D eigenvalue weighted by Crippen LogP contribution is 2.21. The Hall–Kier alpha value is -2.43. The number of aryl methyl sites for hydroxylation is 2. The number of benzene rings is 1.